The number of fused-ring (bicyclic) bond motifs is 1. The van der Waals surface area contributed by atoms with Crippen molar-refractivity contribution in [3.8, 4) is 0 Å². The summed E-state index contributed by atoms with van der Waals surface area (Å²) in [5.74, 6) is 0. The Morgan fingerprint density at radius 1 is 1.25 bits per heavy atom. The Labute approximate surface area is 72.0 Å². The van der Waals surface area contributed by atoms with Crippen LogP contribution in [0.25, 0.3) is 11.0 Å². The van der Waals surface area contributed by atoms with Gasteiger partial charge in [-0.1, -0.05) is 12.1 Å². The van der Waals surface area contributed by atoms with Crippen LogP contribution in [-0.2, 0) is 0 Å². The van der Waals surface area contributed by atoms with E-state index >= 15 is 0 Å². The number of hydrogen-bond acceptors (Lipinski definition) is 3. The normalized spacial score (nSPS) is 10.0. The average molecular weight is 160 g/mol. The van der Waals surface area contributed by atoms with Gasteiger partial charge in [0.15, 0.2) is 6.29 Å². The summed E-state index contributed by atoms with van der Waals surface area (Å²) < 4.78 is 0. The van der Waals surface area contributed by atoms with Crippen LogP contribution in [0, 0.1) is 0 Å². The zero-order valence-corrected chi connectivity index (χ0v) is 6.27. The van der Waals surface area contributed by atoms with E-state index in [0.717, 1.165) is 11.0 Å². The Morgan fingerprint density at radius 2 is 2.00 bits per heavy atom. The molecule has 58 valence electrons. The molecule has 0 aliphatic rings. The lowest BCUT2D eigenvalue weighted by atomic mass is 10.3. The predicted octanol–water partition coefficient (Wildman–Crippen LogP) is 1.67. The third-order valence-electron chi connectivity index (χ3n) is 1.59. The lowest BCUT2D eigenvalue weighted by molar-refractivity contribution is 0.111. The molecule has 2 aromatic rings. The number of para-hydroxylation sites is 2. The SMILES string of the molecule is O=Cc1cnc2ccccc2n1.[H+].[H+]. The van der Waals surface area contributed by atoms with Gasteiger partial charge in [0.25, 0.3) is 0 Å². The smallest absolute Gasteiger partial charge is 0.296 e. The predicted molar refractivity (Wildman–Crippen MR) is 47.1 cm³/mol. The van der Waals surface area contributed by atoms with Gasteiger partial charge in [-0.15, -0.1) is 0 Å². The molecule has 12 heavy (non-hydrogen) atoms. The molecule has 0 atom stereocenters. The third-order valence-corrected chi connectivity index (χ3v) is 1.59. The van der Waals surface area contributed by atoms with Crippen LogP contribution in [-0.4, -0.2) is 16.3 Å². The number of nitrogens with zero attached hydrogens (tertiary/aromatic N) is 2. The van der Waals surface area contributed by atoms with Crippen molar-refractivity contribution < 1.29 is 7.65 Å². The number of carbonyl (C=O) groups excluding carboxylic acids is 1. The van der Waals surface area contributed by atoms with E-state index in [2.05, 4.69) is 9.97 Å². The molecule has 3 nitrogen and oxygen atoms in total. The van der Waals surface area contributed by atoms with E-state index in [0.29, 0.717) is 12.0 Å². The van der Waals surface area contributed by atoms with Gasteiger partial charge in [0.2, 0.25) is 0 Å². The van der Waals surface area contributed by atoms with Crippen molar-refractivity contribution >= 4 is 17.3 Å². The van der Waals surface area contributed by atoms with Gasteiger partial charge in [0, 0.05) is 0 Å². The van der Waals surface area contributed by atoms with Crippen molar-refractivity contribution in [1.82, 2.24) is 9.97 Å². The van der Waals surface area contributed by atoms with Crippen molar-refractivity contribution in [2.75, 3.05) is 0 Å². The maximum atomic E-state index is 10.3. The molecule has 1 aromatic carbocycles. The minimum absolute atomic E-state index is 0. The molecule has 0 spiro atoms. The highest BCUT2D eigenvalue weighted by molar-refractivity contribution is 5.79. The summed E-state index contributed by atoms with van der Waals surface area (Å²) in [7, 11) is 0. The third kappa shape index (κ3) is 1.05. The summed E-state index contributed by atoms with van der Waals surface area (Å²) in [6, 6.07) is 7.44. The van der Waals surface area contributed by atoms with Crippen molar-refractivity contribution in [2.45, 2.75) is 0 Å². The van der Waals surface area contributed by atoms with Gasteiger partial charge in [-0.25, -0.2) is 4.98 Å². The molecule has 1 aromatic heterocycles. The van der Waals surface area contributed by atoms with Crippen LogP contribution in [0.4, 0.5) is 0 Å². The molecule has 0 N–H and O–H groups in total. The van der Waals surface area contributed by atoms with E-state index in [1.165, 1.54) is 6.20 Å². The summed E-state index contributed by atoms with van der Waals surface area (Å²) in [6.45, 7) is 0. The van der Waals surface area contributed by atoms with Gasteiger partial charge in [0.05, 0.1) is 17.2 Å². The standard InChI is InChI=1S/C9H6N2O/c12-6-7-5-10-8-3-1-2-4-9(8)11-7/h1-6H/p+2. The highest BCUT2D eigenvalue weighted by Crippen LogP contribution is 2.06. The Bertz CT molecular complexity index is 434. The molecule has 0 saturated carbocycles. The van der Waals surface area contributed by atoms with Gasteiger partial charge in [0.1, 0.15) is 5.69 Å². The summed E-state index contributed by atoms with van der Waals surface area (Å²) in [6.07, 6.45) is 2.16. The maximum absolute atomic E-state index is 10.3. The topological polar surface area (TPSA) is 42.9 Å². The van der Waals surface area contributed by atoms with Crippen LogP contribution in [0.2, 0.25) is 0 Å². The minimum Gasteiger partial charge on any atom is -0.296 e. The van der Waals surface area contributed by atoms with Crippen molar-refractivity contribution in [3.05, 3.63) is 36.2 Å². The zero-order chi connectivity index (χ0) is 8.39. The first-order valence-electron chi connectivity index (χ1n) is 3.57. The number of rotatable bonds is 1. The monoisotopic (exact) mass is 160 g/mol. The molecule has 0 amide bonds. The molecule has 1 heterocycles. The van der Waals surface area contributed by atoms with Gasteiger partial charge < -0.3 is 0 Å². The lowest BCUT2D eigenvalue weighted by Gasteiger charge is -1.94. The van der Waals surface area contributed by atoms with Crippen LogP contribution in [0.5, 0.6) is 0 Å². The first-order chi connectivity index (χ1) is 5.90. The Hall–Kier alpha value is -1.77. The summed E-state index contributed by atoms with van der Waals surface area (Å²) in [5.41, 5.74) is 1.93. The van der Waals surface area contributed by atoms with Gasteiger partial charge in [-0.2, -0.15) is 0 Å². The first-order valence-corrected chi connectivity index (χ1v) is 3.57. The molecule has 0 aliphatic carbocycles. The molecule has 0 saturated heterocycles. The summed E-state index contributed by atoms with van der Waals surface area (Å²) >= 11 is 0. The Balaban J connectivity index is 0.000000845. The fraction of sp³-hybridized carbons (Fsp3) is 0. The summed E-state index contributed by atoms with van der Waals surface area (Å²) in [4.78, 5) is 18.5. The van der Waals surface area contributed by atoms with Crippen LogP contribution in [0.1, 0.15) is 13.3 Å². The van der Waals surface area contributed by atoms with Crippen LogP contribution >= 0.6 is 0 Å². The molecular formula is C9H8N2O+2. The second kappa shape index (κ2) is 2.70. The highest BCUT2D eigenvalue weighted by Gasteiger charge is 1.95. The number of aromatic nitrogens is 2. The molecule has 2 rings (SSSR count). The van der Waals surface area contributed by atoms with E-state index < -0.39 is 0 Å². The molecule has 3 heteroatoms. The fourth-order valence-electron chi connectivity index (χ4n) is 1.03. The molecule has 0 radical (unpaired) electrons. The van der Waals surface area contributed by atoms with Gasteiger partial charge >= 0.3 is 2.85 Å². The van der Waals surface area contributed by atoms with Gasteiger partial charge in [-0.3, -0.25) is 9.78 Å². The van der Waals surface area contributed by atoms with Crippen molar-refractivity contribution in [3.63, 3.8) is 0 Å². The quantitative estimate of drug-likeness (QED) is 0.596. The maximum Gasteiger partial charge on any atom is 1.00 e. The molecule has 0 unspecified atom stereocenters. The number of aldehydes is 1. The highest BCUT2D eigenvalue weighted by atomic mass is 16.1. The number of carbonyl (C=O) groups is 1. The average Bonchev–Trinajstić information content (AvgIpc) is 2.17. The summed E-state index contributed by atoms with van der Waals surface area (Å²) in [5, 5.41) is 0. The largest absolute Gasteiger partial charge is 1.00 e. The van der Waals surface area contributed by atoms with Crippen molar-refractivity contribution in [1.29, 1.82) is 0 Å². The number of benzene rings is 1. The second-order valence-corrected chi connectivity index (χ2v) is 2.40. The lowest BCUT2D eigenvalue weighted by Crippen LogP contribution is -1.89. The van der Waals surface area contributed by atoms with Gasteiger partial charge in [-0.05, 0) is 12.1 Å². The number of hydrogen-bond donors (Lipinski definition) is 0. The first kappa shape index (κ1) is 6.91. The molecule has 0 aliphatic heterocycles. The van der Waals surface area contributed by atoms with E-state index in [1.807, 2.05) is 24.3 Å². The van der Waals surface area contributed by atoms with Crippen molar-refractivity contribution in [2.24, 2.45) is 0 Å². The van der Waals surface area contributed by atoms with E-state index in [4.69, 9.17) is 0 Å². The fourth-order valence-corrected chi connectivity index (χ4v) is 1.03. The Kier molecular flexibility index (Phi) is 1.55. The molecular weight excluding hydrogens is 152 g/mol. The molecule has 0 bridgehead atoms. The van der Waals surface area contributed by atoms with E-state index in [1.54, 1.807) is 0 Å². The van der Waals surface area contributed by atoms with E-state index in [-0.39, 0.29) is 2.85 Å². The zero-order valence-electron chi connectivity index (χ0n) is 8.27. The van der Waals surface area contributed by atoms with E-state index in [9.17, 15) is 4.79 Å². The Morgan fingerprint density at radius 3 is 2.75 bits per heavy atom. The van der Waals surface area contributed by atoms with Crippen LogP contribution in [0.3, 0.4) is 0 Å². The molecule has 0 fully saturated rings. The van der Waals surface area contributed by atoms with Crippen LogP contribution < -0.4 is 0 Å². The van der Waals surface area contributed by atoms with Crippen LogP contribution in [0.15, 0.2) is 30.5 Å². The minimum atomic E-state index is 0. The second-order valence-electron chi connectivity index (χ2n) is 2.40.